The van der Waals surface area contributed by atoms with Crippen LogP contribution >= 0.6 is 0 Å². The molecule has 2 amide bonds. The molecule has 182 valence electrons. The monoisotopic (exact) mass is 473 g/mol. The summed E-state index contributed by atoms with van der Waals surface area (Å²) < 4.78 is 5.49. The Morgan fingerprint density at radius 1 is 1.11 bits per heavy atom. The average Bonchev–Trinajstić information content (AvgIpc) is 3.49. The van der Waals surface area contributed by atoms with Gasteiger partial charge in [-0.05, 0) is 63.4 Å². The van der Waals surface area contributed by atoms with E-state index in [1.165, 1.54) is 5.56 Å². The van der Waals surface area contributed by atoms with E-state index in [0.717, 1.165) is 54.9 Å². The molecule has 1 N–H and O–H groups in total. The number of likely N-dealkylation sites (tertiary alicyclic amines) is 1. The number of anilines is 2. The highest BCUT2D eigenvalue weighted by atomic mass is 16.5. The van der Waals surface area contributed by atoms with Gasteiger partial charge in [0.15, 0.2) is 0 Å². The van der Waals surface area contributed by atoms with Gasteiger partial charge in [-0.1, -0.05) is 35.0 Å². The number of piperidine rings is 1. The number of nitrogens with zero attached hydrogens (tertiary/aromatic N) is 4. The molecule has 2 fully saturated rings. The van der Waals surface area contributed by atoms with Crippen molar-refractivity contribution < 1.29 is 14.1 Å². The van der Waals surface area contributed by atoms with Crippen LogP contribution in [-0.2, 0) is 16.1 Å². The third-order valence-electron chi connectivity index (χ3n) is 6.84. The van der Waals surface area contributed by atoms with Gasteiger partial charge in [-0.3, -0.25) is 14.5 Å². The van der Waals surface area contributed by atoms with Crippen molar-refractivity contribution >= 4 is 23.2 Å². The first-order valence-electron chi connectivity index (χ1n) is 12.3. The quantitative estimate of drug-likeness (QED) is 0.573. The summed E-state index contributed by atoms with van der Waals surface area (Å²) in [5.41, 5.74) is 4.79. The Balaban J connectivity index is 1.18. The van der Waals surface area contributed by atoms with Crippen molar-refractivity contribution in [2.45, 2.75) is 46.1 Å². The second kappa shape index (κ2) is 10.00. The van der Waals surface area contributed by atoms with Gasteiger partial charge >= 0.3 is 0 Å². The minimum Gasteiger partial charge on any atom is -0.338 e. The predicted octanol–water partition coefficient (Wildman–Crippen LogP) is 4.33. The summed E-state index contributed by atoms with van der Waals surface area (Å²) in [5.74, 6) is 1.22. The fraction of sp³-hybridized carbons (Fsp3) is 0.407. The summed E-state index contributed by atoms with van der Waals surface area (Å²) in [6, 6.07) is 13.8. The smallest absolute Gasteiger partial charge is 0.241 e. The molecule has 0 bridgehead atoms. The van der Waals surface area contributed by atoms with Gasteiger partial charge in [0.2, 0.25) is 23.5 Å². The van der Waals surface area contributed by atoms with Crippen LogP contribution < -0.4 is 10.2 Å². The van der Waals surface area contributed by atoms with Gasteiger partial charge in [-0.15, -0.1) is 0 Å². The number of carbonyl (C=O) groups is 2. The van der Waals surface area contributed by atoms with Gasteiger partial charge in [0, 0.05) is 36.4 Å². The lowest BCUT2D eigenvalue weighted by Crippen LogP contribution is -2.40. The lowest BCUT2D eigenvalue weighted by molar-refractivity contribution is -0.121. The maximum absolute atomic E-state index is 13.0. The third-order valence-corrected chi connectivity index (χ3v) is 6.84. The molecule has 2 saturated heterocycles. The van der Waals surface area contributed by atoms with E-state index in [4.69, 9.17) is 4.52 Å². The van der Waals surface area contributed by atoms with Gasteiger partial charge in [0.05, 0.1) is 12.5 Å². The molecule has 8 nitrogen and oxygen atoms in total. The molecular weight excluding hydrogens is 442 g/mol. The normalized spacial score (nSPS) is 18.7. The highest BCUT2D eigenvalue weighted by Crippen LogP contribution is 2.28. The SMILES string of the molecule is Cc1ccc(-c2noc(CN3CCCC(C(=O)Nc4ccc(N5CCCC5=O)c(C)c4)C3)n2)cc1. The fourth-order valence-electron chi connectivity index (χ4n) is 4.93. The molecule has 2 aliphatic heterocycles. The van der Waals surface area contributed by atoms with E-state index < -0.39 is 0 Å². The van der Waals surface area contributed by atoms with E-state index in [1.807, 2.05) is 61.2 Å². The Morgan fingerprint density at radius 2 is 1.94 bits per heavy atom. The van der Waals surface area contributed by atoms with Gasteiger partial charge in [0.25, 0.3) is 0 Å². The Morgan fingerprint density at radius 3 is 2.69 bits per heavy atom. The van der Waals surface area contributed by atoms with E-state index in [1.54, 1.807) is 0 Å². The molecule has 0 spiro atoms. The minimum atomic E-state index is -0.108. The minimum absolute atomic E-state index is 0.0185. The van der Waals surface area contributed by atoms with E-state index in [0.29, 0.717) is 31.2 Å². The molecule has 3 heterocycles. The topological polar surface area (TPSA) is 91.6 Å². The molecule has 0 radical (unpaired) electrons. The van der Waals surface area contributed by atoms with Crippen LogP contribution in [0.5, 0.6) is 0 Å². The van der Waals surface area contributed by atoms with Gasteiger partial charge in [0.1, 0.15) is 0 Å². The van der Waals surface area contributed by atoms with Crippen molar-refractivity contribution in [3.8, 4) is 11.4 Å². The summed E-state index contributed by atoms with van der Waals surface area (Å²) in [7, 11) is 0. The molecule has 8 heteroatoms. The fourth-order valence-corrected chi connectivity index (χ4v) is 4.93. The molecule has 0 aliphatic carbocycles. The zero-order valence-corrected chi connectivity index (χ0v) is 20.3. The second-order valence-electron chi connectivity index (χ2n) is 9.59. The van der Waals surface area contributed by atoms with Gasteiger partial charge < -0.3 is 14.7 Å². The molecular formula is C27H31N5O3. The lowest BCUT2D eigenvalue weighted by Gasteiger charge is -2.31. The van der Waals surface area contributed by atoms with Crippen LogP contribution in [0.2, 0.25) is 0 Å². The number of nitrogens with one attached hydrogen (secondary N) is 1. The lowest BCUT2D eigenvalue weighted by atomic mass is 9.97. The number of rotatable bonds is 6. The number of aromatic nitrogens is 2. The summed E-state index contributed by atoms with van der Waals surface area (Å²) in [5, 5.41) is 7.20. The third kappa shape index (κ3) is 5.27. The number of carbonyl (C=O) groups excluding carboxylic acids is 2. The molecule has 0 saturated carbocycles. The second-order valence-corrected chi connectivity index (χ2v) is 9.59. The van der Waals surface area contributed by atoms with Crippen LogP contribution in [0.15, 0.2) is 47.0 Å². The van der Waals surface area contributed by atoms with Gasteiger partial charge in [-0.2, -0.15) is 4.98 Å². The van der Waals surface area contributed by atoms with E-state index in [2.05, 4.69) is 20.4 Å². The maximum Gasteiger partial charge on any atom is 0.241 e. The van der Waals surface area contributed by atoms with E-state index >= 15 is 0 Å². The first-order chi connectivity index (χ1) is 17.0. The van der Waals surface area contributed by atoms with E-state index in [9.17, 15) is 9.59 Å². The molecule has 3 aromatic rings. The van der Waals surface area contributed by atoms with E-state index in [-0.39, 0.29) is 17.7 Å². The summed E-state index contributed by atoms with van der Waals surface area (Å²) >= 11 is 0. The van der Waals surface area contributed by atoms with Crippen LogP contribution in [0.4, 0.5) is 11.4 Å². The van der Waals surface area contributed by atoms with Gasteiger partial charge in [-0.25, -0.2) is 0 Å². The average molecular weight is 474 g/mol. The standard InChI is InChI=1S/C27H31N5O3/c1-18-7-9-20(10-8-18)26-29-24(35-30-26)17-31-13-3-5-21(16-31)27(34)28-22-11-12-23(19(2)15-22)32-14-4-6-25(32)33/h7-12,15,21H,3-6,13-14,16-17H2,1-2H3,(H,28,34). The number of hydrogen-bond acceptors (Lipinski definition) is 6. The zero-order valence-electron chi connectivity index (χ0n) is 20.3. The number of hydrogen-bond donors (Lipinski definition) is 1. The largest absolute Gasteiger partial charge is 0.338 e. The predicted molar refractivity (Wildman–Crippen MR) is 134 cm³/mol. The van der Waals surface area contributed by atoms with Crippen LogP contribution in [-0.4, -0.2) is 46.5 Å². The van der Waals surface area contributed by atoms with Crippen molar-refractivity contribution in [2.75, 3.05) is 29.9 Å². The first kappa shape index (κ1) is 23.2. The molecule has 2 aromatic carbocycles. The van der Waals surface area contributed by atoms with Crippen LogP contribution in [0.25, 0.3) is 11.4 Å². The van der Waals surface area contributed by atoms with Crippen molar-refractivity contribution in [2.24, 2.45) is 5.92 Å². The Kier molecular flexibility index (Phi) is 6.63. The number of amides is 2. The summed E-state index contributed by atoms with van der Waals surface area (Å²) in [6.07, 6.45) is 3.28. The Hall–Kier alpha value is -3.52. The van der Waals surface area contributed by atoms with Crippen molar-refractivity contribution in [1.82, 2.24) is 15.0 Å². The maximum atomic E-state index is 13.0. The van der Waals surface area contributed by atoms with Crippen LogP contribution in [0.1, 0.15) is 42.7 Å². The Labute approximate surface area is 205 Å². The van der Waals surface area contributed by atoms with Crippen molar-refractivity contribution in [3.63, 3.8) is 0 Å². The van der Waals surface area contributed by atoms with Crippen molar-refractivity contribution in [3.05, 3.63) is 59.5 Å². The zero-order chi connectivity index (χ0) is 24.4. The first-order valence-corrected chi connectivity index (χ1v) is 12.3. The molecule has 1 unspecified atom stereocenters. The molecule has 1 atom stereocenters. The molecule has 35 heavy (non-hydrogen) atoms. The highest BCUT2D eigenvalue weighted by Gasteiger charge is 2.28. The highest BCUT2D eigenvalue weighted by molar-refractivity contribution is 5.97. The van der Waals surface area contributed by atoms with Crippen LogP contribution in [0, 0.1) is 19.8 Å². The van der Waals surface area contributed by atoms with Crippen molar-refractivity contribution in [1.29, 1.82) is 0 Å². The van der Waals surface area contributed by atoms with Crippen LogP contribution in [0.3, 0.4) is 0 Å². The Bertz CT molecular complexity index is 1220. The molecule has 5 rings (SSSR count). The number of aryl methyl sites for hydroxylation is 2. The molecule has 2 aliphatic rings. The number of benzene rings is 2. The summed E-state index contributed by atoms with van der Waals surface area (Å²) in [6.45, 7) is 6.85. The molecule has 1 aromatic heterocycles. The summed E-state index contributed by atoms with van der Waals surface area (Å²) in [4.78, 5) is 33.7.